The van der Waals surface area contributed by atoms with E-state index in [-0.39, 0.29) is 17.9 Å². The van der Waals surface area contributed by atoms with Crippen molar-refractivity contribution in [1.82, 2.24) is 4.90 Å². The fourth-order valence-electron chi connectivity index (χ4n) is 3.38. The number of anilines is 1. The van der Waals surface area contributed by atoms with Gasteiger partial charge in [-0.15, -0.1) is 0 Å². The highest BCUT2D eigenvalue weighted by atomic mass is 16.5. The van der Waals surface area contributed by atoms with Gasteiger partial charge in [0.05, 0.1) is 11.7 Å². The zero-order valence-corrected chi connectivity index (χ0v) is 17.7. The smallest absolute Gasteiger partial charge is 0.278 e. The van der Waals surface area contributed by atoms with E-state index < -0.39 is 0 Å². The van der Waals surface area contributed by atoms with Crippen LogP contribution in [0.1, 0.15) is 43.9 Å². The molecule has 0 saturated carbocycles. The summed E-state index contributed by atoms with van der Waals surface area (Å²) in [6.07, 6.45) is 0.777. The first kappa shape index (κ1) is 20.6. The summed E-state index contributed by atoms with van der Waals surface area (Å²) in [5.74, 6) is 0.188. The average Bonchev–Trinajstić information content (AvgIpc) is 2.90. The summed E-state index contributed by atoms with van der Waals surface area (Å²) in [4.78, 5) is 27.5. The van der Waals surface area contributed by atoms with Crippen LogP contribution >= 0.6 is 0 Å². The number of nitrogens with zero attached hydrogens (tertiary/aromatic N) is 1. The van der Waals surface area contributed by atoms with Crippen LogP contribution in [0.5, 0.6) is 5.75 Å². The van der Waals surface area contributed by atoms with Crippen molar-refractivity contribution in [2.75, 3.05) is 11.9 Å². The zero-order chi connectivity index (χ0) is 21.1. The molecule has 1 aliphatic rings. The summed E-state index contributed by atoms with van der Waals surface area (Å²) in [6.45, 7) is 10.3. The first-order valence-corrected chi connectivity index (χ1v) is 10.0. The molecule has 29 heavy (non-hydrogen) atoms. The molecule has 1 N–H and O–H groups in total. The molecule has 2 amide bonds. The first-order valence-electron chi connectivity index (χ1n) is 10.0. The topological polar surface area (TPSA) is 58.6 Å². The molecule has 2 aromatic carbocycles. The summed E-state index contributed by atoms with van der Waals surface area (Å²) in [7, 11) is 0. The van der Waals surface area contributed by atoms with Gasteiger partial charge < -0.3 is 10.1 Å². The Balaban J connectivity index is 2.04. The molecule has 0 aromatic heterocycles. The number of imide groups is 1. The summed E-state index contributed by atoms with van der Waals surface area (Å²) in [5.41, 5.74) is 4.43. The van der Waals surface area contributed by atoms with E-state index in [9.17, 15) is 9.59 Å². The molecule has 3 rings (SSSR count). The van der Waals surface area contributed by atoms with Crippen LogP contribution in [0, 0.1) is 13.8 Å². The van der Waals surface area contributed by atoms with Gasteiger partial charge in [-0.05, 0) is 69.0 Å². The van der Waals surface area contributed by atoms with Crippen LogP contribution in [0.4, 0.5) is 5.69 Å². The van der Waals surface area contributed by atoms with Crippen LogP contribution in [0.15, 0.2) is 48.2 Å². The second-order valence-corrected chi connectivity index (χ2v) is 7.58. The fourth-order valence-corrected chi connectivity index (χ4v) is 3.38. The van der Waals surface area contributed by atoms with E-state index in [0.717, 1.165) is 22.6 Å². The molecule has 0 bridgehead atoms. The molecule has 0 radical (unpaired) electrons. The predicted molar refractivity (Wildman–Crippen MR) is 116 cm³/mol. The van der Waals surface area contributed by atoms with Gasteiger partial charge in [0.2, 0.25) is 0 Å². The van der Waals surface area contributed by atoms with Gasteiger partial charge in [0.1, 0.15) is 11.4 Å². The van der Waals surface area contributed by atoms with E-state index in [2.05, 4.69) is 5.32 Å². The van der Waals surface area contributed by atoms with Gasteiger partial charge in [-0.2, -0.15) is 0 Å². The van der Waals surface area contributed by atoms with Gasteiger partial charge in [-0.3, -0.25) is 14.5 Å². The van der Waals surface area contributed by atoms with Crippen molar-refractivity contribution in [2.45, 2.75) is 47.1 Å². The lowest BCUT2D eigenvalue weighted by atomic mass is 10.0. The fraction of sp³-hybridized carbons (Fsp3) is 0.333. The minimum Gasteiger partial charge on any atom is -0.491 e. The largest absolute Gasteiger partial charge is 0.491 e. The van der Waals surface area contributed by atoms with E-state index in [1.165, 1.54) is 4.90 Å². The lowest BCUT2D eigenvalue weighted by molar-refractivity contribution is -0.136. The SMILES string of the molecule is CCCN1C(=O)C(Nc2cccc(C)c2C)=C(c2ccc(OC(C)C)cc2)C1=O. The number of rotatable bonds is 7. The monoisotopic (exact) mass is 392 g/mol. The summed E-state index contributed by atoms with van der Waals surface area (Å²) >= 11 is 0. The Morgan fingerprint density at radius 2 is 1.69 bits per heavy atom. The molecule has 0 saturated heterocycles. The summed E-state index contributed by atoms with van der Waals surface area (Å²) in [6, 6.07) is 13.2. The Morgan fingerprint density at radius 1 is 1.00 bits per heavy atom. The standard InChI is InChI=1S/C24H28N2O3/c1-6-14-26-23(27)21(18-10-12-19(13-11-18)29-15(2)3)22(24(26)28)25-20-9-7-8-16(4)17(20)5/h7-13,15,25H,6,14H2,1-5H3. The third-order valence-electron chi connectivity index (χ3n) is 4.99. The van der Waals surface area contributed by atoms with Crippen molar-refractivity contribution in [2.24, 2.45) is 0 Å². The molecular weight excluding hydrogens is 364 g/mol. The number of benzene rings is 2. The van der Waals surface area contributed by atoms with Gasteiger partial charge in [0, 0.05) is 12.2 Å². The molecule has 152 valence electrons. The van der Waals surface area contributed by atoms with Gasteiger partial charge in [-0.25, -0.2) is 0 Å². The Morgan fingerprint density at radius 3 is 2.31 bits per heavy atom. The summed E-state index contributed by atoms with van der Waals surface area (Å²) < 4.78 is 5.70. The van der Waals surface area contributed by atoms with E-state index in [4.69, 9.17) is 4.74 Å². The molecule has 1 aliphatic heterocycles. The average molecular weight is 392 g/mol. The van der Waals surface area contributed by atoms with Crippen molar-refractivity contribution in [3.63, 3.8) is 0 Å². The van der Waals surface area contributed by atoms with Gasteiger partial charge >= 0.3 is 0 Å². The molecule has 1 heterocycles. The summed E-state index contributed by atoms with van der Waals surface area (Å²) in [5, 5.41) is 3.25. The highest BCUT2D eigenvalue weighted by molar-refractivity contribution is 6.36. The quantitative estimate of drug-likeness (QED) is 0.695. The molecule has 5 heteroatoms. The van der Waals surface area contributed by atoms with Gasteiger partial charge in [0.15, 0.2) is 0 Å². The molecule has 0 spiro atoms. The lowest BCUT2D eigenvalue weighted by Gasteiger charge is -2.15. The minimum absolute atomic E-state index is 0.0660. The molecular formula is C24H28N2O3. The number of hydrogen-bond acceptors (Lipinski definition) is 4. The van der Waals surface area contributed by atoms with E-state index >= 15 is 0 Å². The van der Waals surface area contributed by atoms with Gasteiger partial charge in [0.25, 0.3) is 11.8 Å². The molecule has 5 nitrogen and oxygen atoms in total. The van der Waals surface area contributed by atoms with Crippen molar-refractivity contribution in [3.05, 3.63) is 64.9 Å². The number of carbonyl (C=O) groups is 2. The molecule has 0 atom stereocenters. The van der Waals surface area contributed by atoms with Crippen LogP contribution in [0.2, 0.25) is 0 Å². The second-order valence-electron chi connectivity index (χ2n) is 7.58. The number of ether oxygens (including phenoxy) is 1. The number of carbonyl (C=O) groups excluding carboxylic acids is 2. The Kier molecular flexibility index (Phi) is 6.06. The maximum absolute atomic E-state index is 13.1. The third-order valence-corrected chi connectivity index (χ3v) is 4.99. The predicted octanol–water partition coefficient (Wildman–Crippen LogP) is 4.69. The van der Waals surface area contributed by atoms with Crippen LogP contribution in [0.25, 0.3) is 5.57 Å². The Hall–Kier alpha value is -3.08. The highest BCUT2D eigenvalue weighted by Gasteiger charge is 2.38. The van der Waals surface area contributed by atoms with E-state index in [1.54, 1.807) is 0 Å². The van der Waals surface area contributed by atoms with Gasteiger partial charge in [-0.1, -0.05) is 31.2 Å². The molecule has 2 aromatic rings. The Bertz CT molecular complexity index is 959. The minimum atomic E-state index is -0.282. The molecule has 0 unspecified atom stereocenters. The Labute approximate surface area is 172 Å². The van der Waals surface area contributed by atoms with E-state index in [0.29, 0.717) is 29.8 Å². The van der Waals surface area contributed by atoms with Crippen LogP contribution in [-0.4, -0.2) is 29.4 Å². The lowest BCUT2D eigenvalue weighted by Crippen LogP contribution is -2.33. The normalized spacial score (nSPS) is 14.2. The first-order chi connectivity index (χ1) is 13.8. The highest BCUT2D eigenvalue weighted by Crippen LogP contribution is 2.32. The zero-order valence-electron chi connectivity index (χ0n) is 17.7. The van der Waals surface area contributed by atoms with Crippen molar-refractivity contribution < 1.29 is 14.3 Å². The molecule has 0 aliphatic carbocycles. The molecule has 0 fully saturated rings. The van der Waals surface area contributed by atoms with Crippen molar-refractivity contribution in [3.8, 4) is 5.75 Å². The van der Waals surface area contributed by atoms with Crippen molar-refractivity contribution in [1.29, 1.82) is 0 Å². The number of nitrogens with one attached hydrogen (secondary N) is 1. The van der Waals surface area contributed by atoms with Crippen LogP contribution in [0.3, 0.4) is 0 Å². The van der Waals surface area contributed by atoms with Crippen molar-refractivity contribution >= 4 is 23.1 Å². The van der Waals surface area contributed by atoms with E-state index in [1.807, 2.05) is 77.1 Å². The maximum Gasteiger partial charge on any atom is 0.278 e. The number of hydrogen-bond donors (Lipinski definition) is 1. The third kappa shape index (κ3) is 4.19. The van der Waals surface area contributed by atoms with Crippen LogP contribution in [-0.2, 0) is 9.59 Å². The second kappa shape index (κ2) is 8.52. The van der Waals surface area contributed by atoms with Crippen LogP contribution < -0.4 is 10.1 Å². The number of aryl methyl sites for hydroxylation is 1. The maximum atomic E-state index is 13.1. The number of amides is 2.